The van der Waals surface area contributed by atoms with E-state index >= 15 is 0 Å². The Morgan fingerprint density at radius 3 is 2.79 bits per heavy atom. The molecule has 3 aromatic rings. The van der Waals surface area contributed by atoms with Crippen LogP contribution in [-0.4, -0.2) is 29.8 Å². The van der Waals surface area contributed by atoms with Crippen LogP contribution in [0.1, 0.15) is 25.0 Å². The molecule has 0 saturated heterocycles. The van der Waals surface area contributed by atoms with Crippen molar-refractivity contribution in [3.63, 3.8) is 0 Å². The van der Waals surface area contributed by atoms with Crippen LogP contribution >= 0.6 is 0 Å². The van der Waals surface area contributed by atoms with Gasteiger partial charge in [0, 0.05) is 6.42 Å². The second kappa shape index (κ2) is 4.79. The van der Waals surface area contributed by atoms with Gasteiger partial charge in [0.25, 0.3) is 0 Å². The molecule has 0 aliphatic carbocycles. The molecule has 0 atom stereocenters. The highest BCUT2D eigenvalue weighted by molar-refractivity contribution is 5.75. The Morgan fingerprint density at radius 1 is 1.21 bits per heavy atom. The fraction of sp³-hybridized carbons (Fsp3) is 0.385. The van der Waals surface area contributed by atoms with Gasteiger partial charge in [-0.3, -0.25) is 0 Å². The minimum Gasteiger partial charge on any atom is -0.320 e. The molecule has 6 heteroatoms. The summed E-state index contributed by atoms with van der Waals surface area (Å²) in [5, 5.41) is 12.2. The Morgan fingerprint density at radius 2 is 2.05 bits per heavy atom. The summed E-state index contributed by atoms with van der Waals surface area (Å²) < 4.78 is 2.18. The third-order valence-corrected chi connectivity index (χ3v) is 3.06. The number of rotatable bonds is 4. The molecule has 0 saturated carbocycles. The molecule has 0 bridgehead atoms. The quantitative estimate of drug-likeness (QED) is 0.710. The molecule has 0 aliphatic rings. The lowest BCUT2D eigenvalue weighted by atomic mass is 10.3. The molecule has 3 rings (SSSR count). The lowest BCUT2D eigenvalue weighted by Crippen LogP contribution is -2.07. The number of aryl methyl sites for hydroxylation is 2. The van der Waals surface area contributed by atoms with Crippen molar-refractivity contribution in [1.82, 2.24) is 29.8 Å². The maximum atomic E-state index is 4.69. The normalized spacial score (nSPS) is 11.3. The molecule has 0 amide bonds. The minimum atomic E-state index is 0.615. The molecular formula is C13H16N6. The second-order valence-electron chi connectivity index (χ2n) is 4.55. The maximum Gasteiger partial charge on any atom is 0.194 e. The van der Waals surface area contributed by atoms with Crippen LogP contribution in [0.15, 0.2) is 24.3 Å². The largest absolute Gasteiger partial charge is 0.320 e. The lowest BCUT2D eigenvalue weighted by Gasteiger charge is -2.05. The third kappa shape index (κ3) is 2.21. The highest BCUT2D eigenvalue weighted by Gasteiger charge is 2.12. The molecule has 0 radical (unpaired) electrons. The molecule has 98 valence electrons. The van der Waals surface area contributed by atoms with Crippen LogP contribution in [0.5, 0.6) is 0 Å². The standard InChI is InChI=1S/C13H16N6/c1-3-6-13-14-10-7-4-5-8-11(10)19(13)9-12-15-17-18(2)16-12/h4-5,7-8H,3,6,9H2,1-2H3. The molecule has 19 heavy (non-hydrogen) atoms. The highest BCUT2D eigenvalue weighted by Crippen LogP contribution is 2.17. The van der Waals surface area contributed by atoms with E-state index in [2.05, 4.69) is 38.0 Å². The van der Waals surface area contributed by atoms with Gasteiger partial charge >= 0.3 is 0 Å². The highest BCUT2D eigenvalue weighted by atomic mass is 15.6. The zero-order chi connectivity index (χ0) is 13.2. The molecule has 2 heterocycles. The van der Waals surface area contributed by atoms with E-state index in [1.54, 1.807) is 7.05 Å². The van der Waals surface area contributed by atoms with Crippen LogP contribution in [0.2, 0.25) is 0 Å². The van der Waals surface area contributed by atoms with Gasteiger partial charge in [0.05, 0.1) is 24.6 Å². The fourth-order valence-electron chi connectivity index (χ4n) is 2.24. The third-order valence-electron chi connectivity index (χ3n) is 3.06. The zero-order valence-corrected chi connectivity index (χ0v) is 11.1. The van der Waals surface area contributed by atoms with E-state index < -0.39 is 0 Å². The first kappa shape index (κ1) is 11.8. The molecule has 2 aromatic heterocycles. The van der Waals surface area contributed by atoms with Gasteiger partial charge in [0.1, 0.15) is 5.82 Å². The lowest BCUT2D eigenvalue weighted by molar-refractivity contribution is 0.623. The molecule has 0 fully saturated rings. The van der Waals surface area contributed by atoms with Gasteiger partial charge in [-0.1, -0.05) is 19.1 Å². The second-order valence-corrected chi connectivity index (χ2v) is 4.55. The van der Waals surface area contributed by atoms with Crippen LogP contribution in [0, 0.1) is 0 Å². The Hall–Kier alpha value is -2.24. The van der Waals surface area contributed by atoms with E-state index in [0.29, 0.717) is 12.4 Å². The van der Waals surface area contributed by atoms with E-state index in [9.17, 15) is 0 Å². The average Bonchev–Trinajstić information content (AvgIpc) is 2.96. The Balaban J connectivity index is 2.06. The smallest absolute Gasteiger partial charge is 0.194 e. The number of fused-ring (bicyclic) bond motifs is 1. The summed E-state index contributed by atoms with van der Waals surface area (Å²) in [6, 6.07) is 8.16. The van der Waals surface area contributed by atoms with Gasteiger partial charge in [0.15, 0.2) is 5.82 Å². The number of nitrogens with zero attached hydrogens (tertiary/aromatic N) is 6. The number of aromatic nitrogens is 6. The first-order chi connectivity index (χ1) is 9.28. The fourth-order valence-corrected chi connectivity index (χ4v) is 2.24. The zero-order valence-electron chi connectivity index (χ0n) is 11.1. The first-order valence-electron chi connectivity index (χ1n) is 6.45. The van der Waals surface area contributed by atoms with E-state index in [1.165, 1.54) is 4.80 Å². The SMILES string of the molecule is CCCc1nc2ccccc2n1Cc1nnn(C)n1. The predicted molar refractivity (Wildman–Crippen MR) is 71.6 cm³/mol. The average molecular weight is 256 g/mol. The molecule has 0 unspecified atom stereocenters. The van der Waals surface area contributed by atoms with Gasteiger partial charge in [-0.25, -0.2) is 4.98 Å². The summed E-state index contributed by atoms with van der Waals surface area (Å²) in [4.78, 5) is 6.17. The van der Waals surface area contributed by atoms with Crippen molar-refractivity contribution in [3.05, 3.63) is 35.9 Å². The van der Waals surface area contributed by atoms with Crippen molar-refractivity contribution in [3.8, 4) is 0 Å². The molecular weight excluding hydrogens is 240 g/mol. The van der Waals surface area contributed by atoms with Crippen molar-refractivity contribution < 1.29 is 0 Å². The van der Waals surface area contributed by atoms with Crippen LogP contribution < -0.4 is 0 Å². The number of hydrogen-bond donors (Lipinski definition) is 0. The topological polar surface area (TPSA) is 61.4 Å². The Bertz CT molecular complexity index is 696. The van der Waals surface area contributed by atoms with Crippen LogP contribution in [-0.2, 0) is 20.0 Å². The van der Waals surface area contributed by atoms with Crippen molar-refractivity contribution in [2.45, 2.75) is 26.3 Å². The molecule has 0 aliphatic heterocycles. The number of benzene rings is 1. The van der Waals surface area contributed by atoms with E-state index in [0.717, 1.165) is 29.7 Å². The summed E-state index contributed by atoms with van der Waals surface area (Å²) >= 11 is 0. The molecule has 6 nitrogen and oxygen atoms in total. The van der Waals surface area contributed by atoms with E-state index in [4.69, 9.17) is 0 Å². The summed E-state index contributed by atoms with van der Waals surface area (Å²) in [5.41, 5.74) is 2.15. The van der Waals surface area contributed by atoms with Gasteiger partial charge in [0.2, 0.25) is 0 Å². The minimum absolute atomic E-state index is 0.615. The molecule has 0 N–H and O–H groups in total. The summed E-state index contributed by atoms with van der Waals surface area (Å²) in [6.07, 6.45) is 2.02. The predicted octanol–water partition coefficient (Wildman–Crippen LogP) is 1.56. The van der Waals surface area contributed by atoms with Crippen LogP contribution in [0.4, 0.5) is 0 Å². The number of para-hydroxylation sites is 2. The number of tetrazole rings is 1. The molecule has 0 spiro atoms. The van der Waals surface area contributed by atoms with Crippen LogP contribution in [0.3, 0.4) is 0 Å². The number of imidazole rings is 1. The van der Waals surface area contributed by atoms with Crippen molar-refractivity contribution in [2.24, 2.45) is 7.05 Å². The Kier molecular flexibility index (Phi) is 2.98. The van der Waals surface area contributed by atoms with Crippen LogP contribution in [0.25, 0.3) is 11.0 Å². The molecule has 1 aromatic carbocycles. The van der Waals surface area contributed by atoms with E-state index in [1.807, 2.05) is 18.2 Å². The van der Waals surface area contributed by atoms with Gasteiger partial charge in [-0.05, 0) is 23.8 Å². The summed E-state index contributed by atoms with van der Waals surface area (Å²) in [5.74, 6) is 1.79. The monoisotopic (exact) mass is 256 g/mol. The van der Waals surface area contributed by atoms with Gasteiger partial charge in [-0.15, -0.1) is 10.2 Å². The summed E-state index contributed by atoms with van der Waals surface area (Å²) in [7, 11) is 1.77. The number of hydrogen-bond acceptors (Lipinski definition) is 4. The van der Waals surface area contributed by atoms with Crippen molar-refractivity contribution >= 4 is 11.0 Å². The van der Waals surface area contributed by atoms with Gasteiger partial charge in [-0.2, -0.15) is 4.80 Å². The Labute approximate surface area is 111 Å². The van der Waals surface area contributed by atoms with E-state index in [-0.39, 0.29) is 0 Å². The van der Waals surface area contributed by atoms with Crippen molar-refractivity contribution in [2.75, 3.05) is 0 Å². The first-order valence-corrected chi connectivity index (χ1v) is 6.45. The summed E-state index contributed by atoms with van der Waals surface area (Å²) in [6.45, 7) is 2.77. The van der Waals surface area contributed by atoms with Crippen molar-refractivity contribution in [1.29, 1.82) is 0 Å². The maximum absolute atomic E-state index is 4.69. The van der Waals surface area contributed by atoms with Gasteiger partial charge < -0.3 is 4.57 Å².